The van der Waals surface area contributed by atoms with Crippen LogP contribution in [-0.4, -0.2) is 27.6 Å². The molecule has 1 N–H and O–H groups in total. The Hall–Kier alpha value is -3.60. The van der Waals surface area contributed by atoms with Crippen LogP contribution in [-0.2, 0) is 11.2 Å². The Bertz CT molecular complexity index is 1070. The number of rotatable bonds is 4. The van der Waals surface area contributed by atoms with E-state index in [1.54, 1.807) is 24.5 Å². The van der Waals surface area contributed by atoms with Crippen molar-refractivity contribution in [3.05, 3.63) is 65.5 Å². The van der Waals surface area contributed by atoms with Gasteiger partial charge in [-0.3, -0.25) is 19.8 Å². The Labute approximate surface area is 159 Å². The molecule has 4 rings (SSSR count). The summed E-state index contributed by atoms with van der Waals surface area (Å²) in [6.45, 7) is 0.417. The van der Waals surface area contributed by atoms with E-state index in [0.29, 0.717) is 36.5 Å². The lowest BCUT2D eigenvalue weighted by Crippen LogP contribution is -2.28. The van der Waals surface area contributed by atoms with Crippen LogP contribution in [0.3, 0.4) is 0 Å². The summed E-state index contributed by atoms with van der Waals surface area (Å²) in [5, 5.41) is 16.6. The molecule has 6 nitrogen and oxygen atoms in total. The second-order valence-electron chi connectivity index (χ2n) is 6.57. The van der Waals surface area contributed by atoms with Crippen molar-refractivity contribution in [2.24, 2.45) is 5.92 Å². The highest BCUT2D eigenvalue weighted by Crippen LogP contribution is 2.33. The van der Waals surface area contributed by atoms with Crippen LogP contribution in [0.4, 0.5) is 14.6 Å². The minimum absolute atomic E-state index is 0.175. The lowest BCUT2D eigenvalue weighted by atomic mass is 9.98. The van der Waals surface area contributed by atoms with Crippen molar-refractivity contribution >= 4 is 11.7 Å². The van der Waals surface area contributed by atoms with E-state index in [-0.39, 0.29) is 17.4 Å². The number of amides is 1. The zero-order chi connectivity index (χ0) is 19.7. The SMILES string of the molecule is N#Cc1c(-c2ccncc2)n[nH]c1N1CCC(Cc2ccc(F)c(F)c2)C1=O. The second-order valence-corrected chi connectivity index (χ2v) is 6.57. The standard InChI is InChI=1S/C20H15F2N5O/c21-16-2-1-12(10-17(16)22)9-14-5-8-27(20(14)28)19-15(11-23)18(25-26-19)13-3-6-24-7-4-13/h1-4,6-7,10,14H,5,8-9H2,(H,25,26). The van der Waals surface area contributed by atoms with Crippen molar-refractivity contribution in [3.8, 4) is 17.3 Å². The molecule has 140 valence electrons. The molecule has 3 heterocycles. The Balaban J connectivity index is 1.58. The van der Waals surface area contributed by atoms with Crippen LogP contribution in [0.15, 0.2) is 42.7 Å². The monoisotopic (exact) mass is 379 g/mol. The van der Waals surface area contributed by atoms with Crippen molar-refractivity contribution < 1.29 is 13.6 Å². The molecule has 2 aromatic heterocycles. The third-order valence-electron chi connectivity index (χ3n) is 4.87. The minimum Gasteiger partial charge on any atom is -0.296 e. The maximum Gasteiger partial charge on any atom is 0.231 e. The molecular formula is C20H15F2N5O. The molecule has 8 heteroatoms. The van der Waals surface area contributed by atoms with Crippen molar-refractivity contribution in [1.29, 1.82) is 5.26 Å². The molecule has 0 bridgehead atoms. The maximum atomic E-state index is 13.4. The molecule has 0 radical (unpaired) electrons. The number of benzene rings is 1. The second kappa shape index (κ2) is 7.19. The molecule has 1 amide bonds. The number of carbonyl (C=O) groups excluding carboxylic acids is 1. The average Bonchev–Trinajstić information content (AvgIpc) is 3.29. The molecule has 3 aromatic rings. The minimum atomic E-state index is -0.929. The summed E-state index contributed by atoms with van der Waals surface area (Å²) in [5.41, 5.74) is 2.02. The molecule has 1 aromatic carbocycles. The summed E-state index contributed by atoms with van der Waals surface area (Å²) in [4.78, 5) is 18.3. The predicted octanol–water partition coefficient (Wildman–Crippen LogP) is 3.22. The third-order valence-corrected chi connectivity index (χ3v) is 4.87. The average molecular weight is 379 g/mol. The van der Waals surface area contributed by atoms with Crippen LogP contribution in [0.2, 0.25) is 0 Å². The summed E-state index contributed by atoms with van der Waals surface area (Å²) < 4.78 is 26.5. The molecule has 0 aliphatic carbocycles. The van der Waals surface area contributed by atoms with Crippen LogP contribution in [0, 0.1) is 28.9 Å². The van der Waals surface area contributed by atoms with Gasteiger partial charge in [-0.1, -0.05) is 6.07 Å². The predicted molar refractivity (Wildman–Crippen MR) is 97.1 cm³/mol. The van der Waals surface area contributed by atoms with E-state index >= 15 is 0 Å². The smallest absolute Gasteiger partial charge is 0.231 e. The van der Waals surface area contributed by atoms with Crippen molar-refractivity contribution in [2.45, 2.75) is 12.8 Å². The number of hydrogen-bond donors (Lipinski definition) is 1. The number of nitrogens with one attached hydrogen (secondary N) is 1. The number of halogens is 2. The number of carbonyl (C=O) groups is 1. The van der Waals surface area contributed by atoms with E-state index < -0.39 is 11.6 Å². The first kappa shape index (κ1) is 17.8. The molecule has 1 aliphatic heterocycles. The van der Waals surface area contributed by atoms with Gasteiger partial charge in [-0.2, -0.15) is 10.4 Å². The molecule has 1 unspecified atom stereocenters. The Morgan fingerprint density at radius 3 is 2.71 bits per heavy atom. The van der Waals surface area contributed by atoms with Crippen molar-refractivity contribution in [2.75, 3.05) is 11.4 Å². The van der Waals surface area contributed by atoms with Gasteiger partial charge in [0.15, 0.2) is 11.6 Å². The summed E-state index contributed by atoms with van der Waals surface area (Å²) in [6.07, 6.45) is 4.06. The molecule has 1 atom stereocenters. The van der Waals surface area contributed by atoms with Gasteiger partial charge < -0.3 is 0 Å². The number of nitriles is 1. The number of aromatic nitrogens is 3. The molecule has 1 fully saturated rings. The normalized spacial score (nSPS) is 16.4. The highest BCUT2D eigenvalue weighted by atomic mass is 19.2. The zero-order valence-electron chi connectivity index (χ0n) is 14.7. The van der Waals surface area contributed by atoms with Gasteiger partial charge in [-0.05, 0) is 42.7 Å². The van der Waals surface area contributed by atoms with E-state index in [0.717, 1.165) is 17.7 Å². The van der Waals surface area contributed by atoms with Crippen LogP contribution >= 0.6 is 0 Å². The largest absolute Gasteiger partial charge is 0.296 e. The summed E-state index contributed by atoms with van der Waals surface area (Å²) in [7, 11) is 0. The molecule has 1 aliphatic rings. The Kier molecular flexibility index (Phi) is 4.57. The molecule has 1 saturated heterocycles. The quantitative estimate of drug-likeness (QED) is 0.754. The van der Waals surface area contributed by atoms with Crippen LogP contribution < -0.4 is 4.90 Å². The fraction of sp³-hybridized carbons (Fsp3) is 0.200. The van der Waals surface area contributed by atoms with Crippen molar-refractivity contribution in [3.63, 3.8) is 0 Å². The van der Waals surface area contributed by atoms with E-state index in [9.17, 15) is 18.8 Å². The van der Waals surface area contributed by atoms with E-state index in [1.807, 2.05) is 0 Å². The van der Waals surface area contributed by atoms with Gasteiger partial charge >= 0.3 is 0 Å². The van der Waals surface area contributed by atoms with Gasteiger partial charge in [0.05, 0.1) is 0 Å². The van der Waals surface area contributed by atoms with Gasteiger partial charge in [0.2, 0.25) is 5.91 Å². The van der Waals surface area contributed by atoms with Crippen LogP contribution in [0.1, 0.15) is 17.5 Å². The molecule has 0 saturated carbocycles. The van der Waals surface area contributed by atoms with Gasteiger partial charge in [-0.15, -0.1) is 0 Å². The fourth-order valence-corrected chi connectivity index (χ4v) is 3.45. The van der Waals surface area contributed by atoms with Crippen LogP contribution in [0.5, 0.6) is 0 Å². The number of nitrogens with zero attached hydrogens (tertiary/aromatic N) is 4. The number of hydrogen-bond acceptors (Lipinski definition) is 4. The van der Waals surface area contributed by atoms with Crippen LogP contribution in [0.25, 0.3) is 11.3 Å². The van der Waals surface area contributed by atoms with Gasteiger partial charge in [0, 0.05) is 30.4 Å². The maximum absolute atomic E-state index is 13.4. The van der Waals surface area contributed by atoms with E-state index in [1.165, 1.54) is 11.0 Å². The number of aromatic amines is 1. The number of pyridine rings is 1. The van der Waals surface area contributed by atoms with Crippen molar-refractivity contribution in [1.82, 2.24) is 15.2 Å². The highest BCUT2D eigenvalue weighted by molar-refractivity contribution is 5.98. The zero-order valence-corrected chi connectivity index (χ0v) is 14.7. The highest BCUT2D eigenvalue weighted by Gasteiger charge is 2.35. The summed E-state index contributed by atoms with van der Waals surface area (Å²) in [6, 6.07) is 9.24. The lowest BCUT2D eigenvalue weighted by molar-refractivity contribution is -0.120. The van der Waals surface area contributed by atoms with Gasteiger partial charge in [-0.25, -0.2) is 8.78 Å². The fourth-order valence-electron chi connectivity index (χ4n) is 3.45. The number of anilines is 1. The number of H-pyrrole nitrogens is 1. The van der Waals surface area contributed by atoms with E-state index in [2.05, 4.69) is 21.3 Å². The summed E-state index contributed by atoms with van der Waals surface area (Å²) in [5.74, 6) is -2.03. The lowest BCUT2D eigenvalue weighted by Gasteiger charge is -2.15. The molecule has 28 heavy (non-hydrogen) atoms. The molecule has 0 spiro atoms. The summed E-state index contributed by atoms with van der Waals surface area (Å²) >= 11 is 0. The first-order valence-electron chi connectivity index (χ1n) is 8.72. The first-order chi connectivity index (χ1) is 13.6. The Morgan fingerprint density at radius 2 is 2.00 bits per heavy atom. The molecular weight excluding hydrogens is 364 g/mol. The van der Waals surface area contributed by atoms with E-state index in [4.69, 9.17) is 0 Å². The third kappa shape index (κ3) is 3.11. The topological polar surface area (TPSA) is 85.7 Å². The Morgan fingerprint density at radius 1 is 1.21 bits per heavy atom. The van der Waals surface area contributed by atoms with Gasteiger partial charge in [0.1, 0.15) is 23.1 Å². The first-order valence-corrected chi connectivity index (χ1v) is 8.72. The van der Waals surface area contributed by atoms with Gasteiger partial charge in [0.25, 0.3) is 0 Å².